The van der Waals surface area contributed by atoms with Crippen molar-refractivity contribution in [2.75, 3.05) is 7.11 Å². The second-order valence-corrected chi connectivity index (χ2v) is 15.1. The van der Waals surface area contributed by atoms with Crippen molar-refractivity contribution in [1.82, 2.24) is 0 Å². The Morgan fingerprint density at radius 1 is 1.06 bits per heavy atom. The number of cyclic esters (lactones) is 1. The van der Waals surface area contributed by atoms with Crippen LogP contribution in [0, 0.1) is 22.2 Å². The van der Waals surface area contributed by atoms with Gasteiger partial charge in [0.05, 0.1) is 31.2 Å². The molecule has 3 N–H and O–H groups in total. The first-order valence-electron chi connectivity index (χ1n) is 15.9. The highest BCUT2D eigenvalue weighted by Gasteiger charge is 3.02. The Balaban J connectivity index is 1.48. The average Bonchev–Trinajstić information content (AvgIpc) is 3.76. The molecular weight excluding hydrogens is 636 g/mol. The van der Waals surface area contributed by atoms with Crippen molar-refractivity contribution >= 4 is 23.9 Å². The molecule has 4 aliphatic carbocycles. The van der Waals surface area contributed by atoms with Crippen molar-refractivity contribution in [3.8, 4) is 0 Å². The summed E-state index contributed by atoms with van der Waals surface area (Å²) in [5.74, 6) is -6.52. The quantitative estimate of drug-likeness (QED) is 0.291. The summed E-state index contributed by atoms with van der Waals surface area (Å²) >= 11 is 0. The van der Waals surface area contributed by atoms with Gasteiger partial charge >= 0.3 is 23.9 Å². The summed E-state index contributed by atoms with van der Waals surface area (Å²) in [6.45, 7) is 8.66. The second kappa shape index (κ2) is 8.87. The second-order valence-electron chi connectivity index (χ2n) is 15.1. The molecule has 15 nitrogen and oxygen atoms in total. The topological polar surface area (TPSA) is 207 Å². The van der Waals surface area contributed by atoms with Crippen LogP contribution >= 0.6 is 0 Å². The summed E-state index contributed by atoms with van der Waals surface area (Å²) in [4.78, 5) is 52.5. The number of aliphatic hydroxyl groups excluding tert-OH is 1. The lowest BCUT2D eigenvalue weighted by Gasteiger charge is -2.76. The molecule has 7 aliphatic rings. The molecule has 4 saturated carbocycles. The van der Waals surface area contributed by atoms with Gasteiger partial charge in [-0.15, -0.1) is 0 Å². The number of esters is 4. The number of aliphatic hydroxyl groups is 3. The lowest BCUT2D eigenvalue weighted by molar-refractivity contribution is -0.449. The molecule has 3 aliphatic heterocycles. The lowest BCUT2D eigenvalue weighted by atomic mass is 9.34. The average molecular weight is 675 g/mol. The minimum Gasteiger partial charge on any atom is -0.472 e. The van der Waals surface area contributed by atoms with Crippen molar-refractivity contribution in [1.29, 1.82) is 0 Å². The summed E-state index contributed by atoms with van der Waals surface area (Å²) < 4.78 is 48.1. The van der Waals surface area contributed by atoms with Gasteiger partial charge in [-0.1, -0.05) is 13.8 Å². The van der Waals surface area contributed by atoms with Crippen molar-refractivity contribution in [2.24, 2.45) is 22.2 Å². The monoisotopic (exact) mass is 674 g/mol. The third kappa shape index (κ3) is 2.98. The van der Waals surface area contributed by atoms with Crippen LogP contribution in [0.1, 0.15) is 66.1 Å². The van der Waals surface area contributed by atoms with E-state index in [1.54, 1.807) is 26.8 Å². The Labute approximate surface area is 274 Å². The number of methoxy groups -OCH3 is 1. The van der Waals surface area contributed by atoms with E-state index in [0.717, 1.165) is 14.0 Å². The van der Waals surface area contributed by atoms with Crippen molar-refractivity contribution in [3.63, 3.8) is 0 Å². The van der Waals surface area contributed by atoms with E-state index in [4.69, 9.17) is 37.6 Å². The van der Waals surface area contributed by atoms with Gasteiger partial charge in [0.15, 0.2) is 5.60 Å². The first kappa shape index (κ1) is 31.9. The summed E-state index contributed by atoms with van der Waals surface area (Å²) in [6.07, 6.45) is -3.89. The summed E-state index contributed by atoms with van der Waals surface area (Å²) in [5.41, 5.74) is -12.9. The summed E-state index contributed by atoms with van der Waals surface area (Å²) in [7, 11) is 1.11. The van der Waals surface area contributed by atoms with Gasteiger partial charge in [0.1, 0.15) is 35.1 Å². The molecule has 1 aromatic heterocycles. The molecule has 6 fully saturated rings. The van der Waals surface area contributed by atoms with E-state index in [1.807, 2.05) is 0 Å². The zero-order chi connectivity index (χ0) is 34.8. The van der Waals surface area contributed by atoms with E-state index in [1.165, 1.54) is 32.4 Å². The standard InChI is InChI=1S/C33H38O15/c1-14(34)43-18-11-31-28(5)21(20(23(37)41-7)44-15(2)35)26(3)13-30(28,39)32(40,24(26)38)25-33(31,48-29(6,46-25)47-31)17-10-19(36)45-22(27(17,18)4)16-8-9-42-12-16/h8-10,12,18,20-22,24-25,38-40H,11,13H2,1-7H3/t18-,20+,21-,22-,24-,25+,26-,27-,28+,29?,30+,31-,32-,33+/m0/s1. The van der Waals surface area contributed by atoms with E-state index in [-0.39, 0.29) is 18.4 Å². The van der Waals surface area contributed by atoms with Crippen molar-refractivity contribution in [2.45, 2.75) is 113 Å². The minimum absolute atomic E-state index is 0.159. The maximum absolute atomic E-state index is 13.6. The van der Waals surface area contributed by atoms with Crippen LogP contribution in [0.2, 0.25) is 0 Å². The van der Waals surface area contributed by atoms with Gasteiger partial charge in [-0.2, -0.15) is 0 Å². The van der Waals surface area contributed by atoms with Crippen molar-refractivity contribution in [3.05, 3.63) is 35.8 Å². The SMILES string of the molecule is COC(=O)[C@H](OC(C)=O)[C@H]1[C@]2(C)C[C@]3(O)[C@@](O)([C@H]4OC5(C)O[C@@]6(C[C@H](OC(C)=O)[C@]7(C)C(=CC(=O)O[C@H]7c7ccoc7)[C@@]46O5)[C@]13C)[C@H]2O. The van der Waals surface area contributed by atoms with Crippen LogP contribution in [0.15, 0.2) is 34.7 Å². The number of carbonyl (C=O) groups excluding carboxylic acids is 4. The molecule has 1 spiro atoms. The zero-order valence-corrected chi connectivity index (χ0v) is 27.4. The number of ether oxygens (including phenoxy) is 7. The highest BCUT2D eigenvalue weighted by Crippen LogP contribution is 2.87. The number of furan rings is 1. The predicted molar refractivity (Wildman–Crippen MR) is 153 cm³/mol. The molecule has 4 bridgehead atoms. The fourth-order valence-corrected chi connectivity index (χ4v) is 11.8. The van der Waals surface area contributed by atoms with E-state index in [2.05, 4.69) is 0 Å². The van der Waals surface area contributed by atoms with Crippen LogP contribution in [0.5, 0.6) is 0 Å². The molecule has 4 heterocycles. The molecule has 1 unspecified atom stereocenters. The number of rotatable bonds is 5. The van der Waals surface area contributed by atoms with Crippen LogP contribution in [-0.2, 0) is 52.3 Å². The number of carbonyl (C=O) groups is 4. The molecule has 15 heteroatoms. The fourth-order valence-electron chi connectivity index (χ4n) is 11.8. The third-order valence-electron chi connectivity index (χ3n) is 13.1. The van der Waals surface area contributed by atoms with Gasteiger partial charge in [0.2, 0.25) is 6.10 Å². The molecule has 1 aromatic rings. The van der Waals surface area contributed by atoms with Gasteiger partial charge in [-0.05, 0) is 25.0 Å². The number of fused-ring (bicyclic) bond motifs is 4. The maximum Gasteiger partial charge on any atom is 0.347 e. The third-order valence-corrected chi connectivity index (χ3v) is 13.1. The molecule has 260 valence electrons. The van der Waals surface area contributed by atoms with Crippen molar-refractivity contribution < 1.29 is 72.1 Å². The predicted octanol–water partition coefficient (Wildman–Crippen LogP) is 0.730. The Morgan fingerprint density at radius 3 is 2.38 bits per heavy atom. The highest BCUT2D eigenvalue weighted by atomic mass is 16.9. The Hall–Kier alpha value is -3.34. The summed E-state index contributed by atoms with van der Waals surface area (Å²) in [5, 5.41) is 38.3. The molecule has 0 radical (unpaired) electrons. The van der Waals surface area contributed by atoms with Crippen LogP contribution < -0.4 is 0 Å². The first-order valence-corrected chi connectivity index (χ1v) is 15.9. The zero-order valence-electron chi connectivity index (χ0n) is 27.4. The highest BCUT2D eigenvalue weighted by molar-refractivity contribution is 5.86. The normalized spacial score (nSPS) is 52.5. The molecule has 2 saturated heterocycles. The van der Waals surface area contributed by atoms with Gasteiger partial charge in [0.25, 0.3) is 5.97 Å². The largest absolute Gasteiger partial charge is 0.472 e. The van der Waals surface area contributed by atoms with Crippen LogP contribution in [0.4, 0.5) is 0 Å². The molecule has 0 amide bonds. The maximum atomic E-state index is 13.6. The smallest absolute Gasteiger partial charge is 0.347 e. The van der Waals surface area contributed by atoms with Crippen LogP contribution in [0.3, 0.4) is 0 Å². The van der Waals surface area contributed by atoms with Gasteiger partial charge in [0, 0.05) is 55.6 Å². The van der Waals surface area contributed by atoms with Crippen LogP contribution in [-0.4, -0.2) is 99.1 Å². The molecule has 14 atom stereocenters. The van der Waals surface area contributed by atoms with Gasteiger partial charge < -0.3 is 52.9 Å². The Bertz CT molecular complexity index is 1710. The van der Waals surface area contributed by atoms with Crippen LogP contribution in [0.25, 0.3) is 0 Å². The van der Waals surface area contributed by atoms with E-state index in [9.17, 15) is 34.5 Å². The molecule has 8 rings (SSSR count). The number of hydrogen-bond acceptors (Lipinski definition) is 15. The molecule has 0 aromatic carbocycles. The molecule has 48 heavy (non-hydrogen) atoms. The fraction of sp³-hybridized carbons (Fsp3) is 0.697. The molecular formula is C33H38O15. The van der Waals surface area contributed by atoms with Gasteiger partial charge in [-0.3, -0.25) is 9.59 Å². The van der Waals surface area contributed by atoms with E-state index in [0.29, 0.717) is 5.56 Å². The van der Waals surface area contributed by atoms with E-state index < -0.39 is 105 Å². The number of hydrogen-bond donors (Lipinski definition) is 3. The Kier molecular flexibility index (Phi) is 5.89. The summed E-state index contributed by atoms with van der Waals surface area (Å²) in [6, 6.07) is 1.60. The van der Waals surface area contributed by atoms with E-state index >= 15 is 0 Å². The first-order chi connectivity index (χ1) is 22.3. The Morgan fingerprint density at radius 2 is 1.77 bits per heavy atom. The van der Waals surface area contributed by atoms with Gasteiger partial charge in [-0.25, -0.2) is 9.59 Å². The lowest BCUT2D eigenvalue weighted by Crippen LogP contribution is -2.93. The minimum atomic E-state index is -2.50.